The van der Waals surface area contributed by atoms with Gasteiger partial charge in [-0.05, 0) is 55.3 Å². The quantitative estimate of drug-likeness (QED) is 0.594. The van der Waals surface area contributed by atoms with Crippen molar-refractivity contribution < 1.29 is 9.59 Å². The van der Waals surface area contributed by atoms with Crippen LogP contribution in [-0.2, 0) is 11.3 Å². The summed E-state index contributed by atoms with van der Waals surface area (Å²) >= 11 is 0.886. The van der Waals surface area contributed by atoms with Crippen LogP contribution in [0.1, 0.15) is 24.1 Å². The van der Waals surface area contributed by atoms with Crippen molar-refractivity contribution in [3.05, 3.63) is 46.9 Å². The fourth-order valence-electron chi connectivity index (χ4n) is 3.48. The first-order valence-electron chi connectivity index (χ1n) is 9.80. The number of anilines is 2. The van der Waals surface area contributed by atoms with Crippen LogP contribution in [-0.4, -0.2) is 45.7 Å². The standard InChI is InChI=1S/C20H23N7O2S/c21-16-2-5-22-11-14(16)12-23-10-13-3-7-27(8-4-13)19-24-6-1-15(25-19)9-17-18(28)26-20(29)30-17/h1-2,5-6,9,11,13,23H,3-4,7-8,10,12H2,(H2,21,22)(H,26,28,29). The Morgan fingerprint density at radius 1 is 1.27 bits per heavy atom. The van der Waals surface area contributed by atoms with Crippen molar-refractivity contribution in [2.24, 2.45) is 5.92 Å². The number of hydrogen-bond acceptors (Lipinski definition) is 9. The molecule has 2 aromatic heterocycles. The normalized spacial score (nSPS) is 18.8. The Balaban J connectivity index is 1.29. The Kier molecular flexibility index (Phi) is 6.24. The maximum Gasteiger partial charge on any atom is 0.290 e. The predicted octanol–water partition coefficient (Wildman–Crippen LogP) is 1.78. The highest BCUT2D eigenvalue weighted by molar-refractivity contribution is 8.18. The zero-order valence-electron chi connectivity index (χ0n) is 16.4. The molecule has 0 aromatic carbocycles. The lowest BCUT2D eigenvalue weighted by Crippen LogP contribution is -2.38. The van der Waals surface area contributed by atoms with Crippen LogP contribution < -0.4 is 21.3 Å². The topological polar surface area (TPSA) is 126 Å². The molecule has 0 unspecified atom stereocenters. The number of pyridine rings is 1. The number of carbonyl (C=O) groups is 2. The van der Waals surface area contributed by atoms with Gasteiger partial charge in [0.25, 0.3) is 11.1 Å². The molecule has 30 heavy (non-hydrogen) atoms. The van der Waals surface area contributed by atoms with Gasteiger partial charge in [-0.25, -0.2) is 9.97 Å². The first kappa shape index (κ1) is 20.3. The number of nitrogens with zero attached hydrogens (tertiary/aromatic N) is 4. The van der Waals surface area contributed by atoms with Crippen LogP contribution >= 0.6 is 11.8 Å². The molecule has 4 N–H and O–H groups in total. The minimum atomic E-state index is -0.383. The summed E-state index contributed by atoms with van der Waals surface area (Å²) in [4.78, 5) is 38.6. The molecular weight excluding hydrogens is 402 g/mol. The molecule has 0 radical (unpaired) electrons. The van der Waals surface area contributed by atoms with Crippen molar-refractivity contribution in [2.75, 3.05) is 30.3 Å². The highest BCUT2D eigenvalue weighted by Crippen LogP contribution is 2.26. The van der Waals surface area contributed by atoms with Gasteiger partial charge in [0.2, 0.25) is 5.95 Å². The van der Waals surface area contributed by atoms with Gasteiger partial charge in [0.1, 0.15) is 0 Å². The second kappa shape index (κ2) is 9.23. The van der Waals surface area contributed by atoms with Crippen molar-refractivity contribution in [3.63, 3.8) is 0 Å². The number of piperidine rings is 1. The molecule has 2 saturated heterocycles. The Morgan fingerprint density at radius 2 is 2.10 bits per heavy atom. The van der Waals surface area contributed by atoms with E-state index in [0.29, 0.717) is 29.0 Å². The van der Waals surface area contributed by atoms with E-state index < -0.39 is 0 Å². The van der Waals surface area contributed by atoms with Gasteiger partial charge in [-0.1, -0.05) is 0 Å². The second-order valence-electron chi connectivity index (χ2n) is 7.27. The molecule has 0 spiro atoms. The van der Waals surface area contributed by atoms with Gasteiger partial charge in [-0.2, -0.15) is 0 Å². The van der Waals surface area contributed by atoms with Crippen LogP contribution in [0.2, 0.25) is 0 Å². The lowest BCUT2D eigenvalue weighted by Gasteiger charge is -2.32. The maximum atomic E-state index is 11.7. The Hall–Kier alpha value is -2.98. The first-order valence-corrected chi connectivity index (χ1v) is 10.6. The summed E-state index contributed by atoms with van der Waals surface area (Å²) in [6.45, 7) is 3.38. The van der Waals surface area contributed by atoms with E-state index >= 15 is 0 Å². The fraction of sp³-hybridized carbons (Fsp3) is 0.350. The smallest absolute Gasteiger partial charge is 0.290 e. The lowest BCUT2D eigenvalue weighted by molar-refractivity contribution is -0.115. The second-order valence-corrected chi connectivity index (χ2v) is 8.28. The molecule has 4 rings (SSSR count). The van der Waals surface area contributed by atoms with Crippen molar-refractivity contribution >= 4 is 40.6 Å². The van der Waals surface area contributed by atoms with Gasteiger partial charge in [-0.3, -0.25) is 19.9 Å². The number of amides is 2. The third-order valence-corrected chi connectivity index (χ3v) is 5.98. The third kappa shape index (κ3) is 4.95. The van der Waals surface area contributed by atoms with Gasteiger partial charge in [0.05, 0.1) is 10.6 Å². The van der Waals surface area contributed by atoms with Crippen LogP contribution in [0, 0.1) is 5.92 Å². The lowest BCUT2D eigenvalue weighted by atomic mass is 9.97. The minimum absolute atomic E-state index is 0.351. The average Bonchev–Trinajstić information content (AvgIpc) is 3.07. The molecule has 0 bridgehead atoms. The third-order valence-electron chi connectivity index (χ3n) is 5.17. The fourth-order valence-corrected chi connectivity index (χ4v) is 4.15. The summed E-state index contributed by atoms with van der Waals surface area (Å²) in [5.41, 5.74) is 8.35. The molecule has 4 heterocycles. The van der Waals surface area contributed by atoms with Crippen molar-refractivity contribution in [2.45, 2.75) is 19.4 Å². The zero-order valence-corrected chi connectivity index (χ0v) is 17.2. The molecule has 0 aliphatic carbocycles. The summed E-state index contributed by atoms with van der Waals surface area (Å²) in [5.74, 6) is 0.842. The van der Waals surface area contributed by atoms with Crippen molar-refractivity contribution in [1.29, 1.82) is 0 Å². The van der Waals surface area contributed by atoms with E-state index in [1.807, 2.05) is 6.07 Å². The number of nitrogens with two attached hydrogens (primary N) is 1. The number of nitrogens with one attached hydrogen (secondary N) is 2. The number of hydrogen-bond donors (Lipinski definition) is 3. The van der Waals surface area contributed by atoms with Crippen molar-refractivity contribution in [3.8, 4) is 0 Å². The van der Waals surface area contributed by atoms with Gasteiger partial charge in [0.15, 0.2) is 0 Å². The van der Waals surface area contributed by atoms with E-state index in [4.69, 9.17) is 5.73 Å². The number of thioether (sulfide) groups is 1. The average molecular weight is 426 g/mol. The summed E-state index contributed by atoms with van der Waals surface area (Å²) in [5, 5.41) is 5.37. The Bertz CT molecular complexity index is 973. The van der Waals surface area contributed by atoms with E-state index in [2.05, 4.69) is 30.5 Å². The molecule has 0 atom stereocenters. The van der Waals surface area contributed by atoms with Crippen LogP contribution in [0.3, 0.4) is 0 Å². The largest absolute Gasteiger partial charge is 0.398 e. The van der Waals surface area contributed by atoms with E-state index in [-0.39, 0.29) is 11.1 Å². The van der Waals surface area contributed by atoms with E-state index in [9.17, 15) is 9.59 Å². The molecule has 0 saturated carbocycles. The molecule has 2 fully saturated rings. The minimum Gasteiger partial charge on any atom is -0.398 e. The summed E-state index contributed by atoms with van der Waals surface area (Å²) < 4.78 is 0. The maximum absolute atomic E-state index is 11.7. The van der Waals surface area contributed by atoms with E-state index in [1.165, 1.54) is 0 Å². The summed E-state index contributed by atoms with van der Waals surface area (Å²) in [7, 11) is 0. The van der Waals surface area contributed by atoms with Crippen LogP contribution in [0.4, 0.5) is 16.4 Å². The number of aromatic nitrogens is 3. The zero-order chi connectivity index (χ0) is 20.9. The SMILES string of the molecule is Nc1ccncc1CNCC1CCN(c2nccc(C=C3SC(=O)NC3=O)n2)CC1. The van der Waals surface area contributed by atoms with Crippen molar-refractivity contribution in [1.82, 2.24) is 25.6 Å². The predicted molar refractivity (Wildman–Crippen MR) is 116 cm³/mol. The van der Waals surface area contributed by atoms with Gasteiger partial charge >= 0.3 is 0 Å². The highest BCUT2D eigenvalue weighted by Gasteiger charge is 2.25. The van der Waals surface area contributed by atoms with Crippen LogP contribution in [0.5, 0.6) is 0 Å². The van der Waals surface area contributed by atoms with E-state index in [0.717, 1.165) is 55.5 Å². The molecule has 2 aromatic rings. The molecule has 9 nitrogen and oxygen atoms in total. The van der Waals surface area contributed by atoms with Gasteiger partial charge in [-0.15, -0.1) is 0 Å². The summed E-state index contributed by atoms with van der Waals surface area (Å²) in [6.07, 6.45) is 8.88. The molecule has 2 aliphatic heterocycles. The molecule has 2 amide bonds. The van der Waals surface area contributed by atoms with E-state index in [1.54, 1.807) is 30.7 Å². The van der Waals surface area contributed by atoms with Gasteiger partial charge in [0, 0.05) is 49.5 Å². The Labute approximate surface area is 178 Å². The number of nitrogen functional groups attached to an aromatic ring is 1. The first-order chi connectivity index (χ1) is 14.6. The number of imide groups is 1. The van der Waals surface area contributed by atoms with Gasteiger partial charge < -0.3 is 16.0 Å². The monoisotopic (exact) mass is 425 g/mol. The molecule has 2 aliphatic rings. The van der Waals surface area contributed by atoms with Crippen LogP contribution in [0.15, 0.2) is 35.6 Å². The molecule has 156 valence electrons. The molecular formula is C20H23N7O2S. The highest BCUT2D eigenvalue weighted by atomic mass is 32.2. The van der Waals surface area contributed by atoms with Crippen LogP contribution in [0.25, 0.3) is 6.08 Å². The summed E-state index contributed by atoms with van der Waals surface area (Å²) in [6, 6.07) is 3.54. The number of carbonyl (C=O) groups excluding carboxylic acids is 2. The molecule has 10 heteroatoms. The Morgan fingerprint density at radius 3 is 2.83 bits per heavy atom. The number of rotatable bonds is 6.